The van der Waals surface area contributed by atoms with Crippen LogP contribution < -0.4 is 0 Å². The van der Waals surface area contributed by atoms with Gasteiger partial charge in [-0.1, -0.05) is 41.0 Å². The number of rotatable bonds is 4. The van der Waals surface area contributed by atoms with E-state index in [2.05, 4.69) is 15.2 Å². The van der Waals surface area contributed by atoms with Crippen molar-refractivity contribution in [3.8, 4) is 5.69 Å². The summed E-state index contributed by atoms with van der Waals surface area (Å²) in [5.74, 6) is 0.679. The molecule has 5 nitrogen and oxygen atoms in total. The molecule has 0 radical (unpaired) electrons. The van der Waals surface area contributed by atoms with Crippen molar-refractivity contribution in [1.82, 2.24) is 24.1 Å². The van der Waals surface area contributed by atoms with Gasteiger partial charge >= 0.3 is 0 Å². The highest BCUT2D eigenvalue weighted by Gasteiger charge is 2.10. The molecule has 4 rings (SSSR count). The van der Waals surface area contributed by atoms with Gasteiger partial charge in [0.05, 0.1) is 16.4 Å². The topological polar surface area (TPSA) is 48.0 Å². The molecule has 0 unspecified atom stereocenters. The lowest BCUT2D eigenvalue weighted by Crippen LogP contribution is -1.95. The van der Waals surface area contributed by atoms with Gasteiger partial charge in [-0.05, 0) is 30.3 Å². The second kappa shape index (κ2) is 6.47. The van der Waals surface area contributed by atoms with Crippen molar-refractivity contribution in [2.24, 2.45) is 0 Å². The number of hydrogen-bond acceptors (Lipinski definition) is 4. The zero-order chi connectivity index (χ0) is 16.5. The zero-order valence-corrected chi connectivity index (χ0v) is 14.6. The molecule has 0 bridgehead atoms. The minimum Gasteiger partial charge on any atom is -0.305 e. The minimum atomic E-state index is 0.675. The molecular weight excluding hydrogens is 365 g/mol. The van der Waals surface area contributed by atoms with Crippen molar-refractivity contribution >= 4 is 40.6 Å². The monoisotopic (exact) mass is 375 g/mol. The van der Waals surface area contributed by atoms with Crippen LogP contribution in [0.5, 0.6) is 0 Å². The molecule has 4 aromatic rings. The summed E-state index contributed by atoms with van der Waals surface area (Å²) >= 11 is 13.6. The van der Waals surface area contributed by atoms with Crippen LogP contribution in [-0.2, 0) is 5.75 Å². The van der Waals surface area contributed by atoms with Gasteiger partial charge in [0, 0.05) is 23.2 Å². The third-order valence-electron chi connectivity index (χ3n) is 3.42. The van der Waals surface area contributed by atoms with Crippen molar-refractivity contribution in [2.75, 3.05) is 0 Å². The molecule has 1 aromatic carbocycles. The highest BCUT2D eigenvalue weighted by Crippen LogP contribution is 2.24. The Bertz CT molecular complexity index is 1010. The smallest absolute Gasteiger partial charge is 0.195 e. The fourth-order valence-electron chi connectivity index (χ4n) is 2.35. The molecule has 8 heteroatoms. The van der Waals surface area contributed by atoms with Crippen LogP contribution in [0.1, 0.15) is 5.69 Å². The minimum absolute atomic E-state index is 0.675. The van der Waals surface area contributed by atoms with Crippen LogP contribution >= 0.6 is 35.0 Å². The Morgan fingerprint density at radius 3 is 2.83 bits per heavy atom. The number of halogens is 2. The van der Waals surface area contributed by atoms with Gasteiger partial charge in [-0.2, -0.15) is 0 Å². The first-order valence-electron chi connectivity index (χ1n) is 7.11. The van der Waals surface area contributed by atoms with Crippen LogP contribution in [0.3, 0.4) is 0 Å². The van der Waals surface area contributed by atoms with Gasteiger partial charge in [0.15, 0.2) is 5.16 Å². The van der Waals surface area contributed by atoms with E-state index in [4.69, 9.17) is 23.2 Å². The van der Waals surface area contributed by atoms with E-state index in [1.165, 1.54) is 0 Å². The third kappa shape index (κ3) is 3.13. The van der Waals surface area contributed by atoms with Crippen LogP contribution in [0.4, 0.5) is 0 Å². The SMILES string of the molecule is Clc1cccc(-n2cnnc2SCc2cn3cc(Cl)ccc3n2)c1. The largest absolute Gasteiger partial charge is 0.305 e. The summed E-state index contributed by atoms with van der Waals surface area (Å²) in [6.07, 6.45) is 5.48. The average Bonchev–Trinajstić information content (AvgIpc) is 3.18. The molecule has 0 N–H and O–H groups in total. The number of imidazole rings is 1. The Morgan fingerprint density at radius 1 is 1.04 bits per heavy atom. The quantitative estimate of drug-likeness (QED) is 0.492. The molecule has 0 fully saturated rings. The maximum atomic E-state index is 6.06. The Morgan fingerprint density at radius 2 is 1.96 bits per heavy atom. The molecule has 0 spiro atoms. The Hall–Kier alpha value is -2.02. The predicted octanol–water partition coefficient (Wildman–Crippen LogP) is 4.51. The second-order valence-electron chi connectivity index (χ2n) is 5.10. The lowest BCUT2D eigenvalue weighted by atomic mass is 10.3. The lowest BCUT2D eigenvalue weighted by Gasteiger charge is -2.05. The predicted molar refractivity (Wildman–Crippen MR) is 96.1 cm³/mol. The maximum Gasteiger partial charge on any atom is 0.195 e. The van der Waals surface area contributed by atoms with E-state index in [-0.39, 0.29) is 0 Å². The number of benzene rings is 1. The van der Waals surface area contributed by atoms with Crippen molar-refractivity contribution in [3.05, 3.63) is 70.9 Å². The molecule has 0 saturated carbocycles. The number of thioether (sulfide) groups is 1. The Labute approximate surface area is 152 Å². The van der Waals surface area contributed by atoms with Crippen LogP contribution in [0.15, 0.2) is 60.3 Å². The summed E-state index contributed by atoms with van der Waals surface area (Å²) in [4.78, 5) is 4.57. The molecular formula is C16H11Cl2N5S. The molecule has 0 amide bonds. The Kier molecular flexibility index (Phi) is 4.18. The van der Waals surface area contributed by atoms with Crippen molar-refractivity contribution in [1.29, 1.82) is 0 Å². The van der Waals surface area contributed by atoms with E-state index in [1.807, 2.05) is 57.8 Å². The van der Waals surface area contributed by atoms with Crippen molar-refractivity contribution in [3.63, 3.8) is 0 Å². The number of aromatic nitrogens is 5. The van der Waals surface area contributed by atoms with E-state index < -0.39 is 0 Å². The third-order valence-corrected chi connectivity index (χ3v) is 4.85. The molecule has 0 atom stereocenters. The van der Waals surface area contributed by atoms with Gasteiger partial charge in [-0.25, -0.2) is 4.98 Å². The molecule has 0 aliphatic carbocycles. The molecule has 3 aromatic heterocycles. The summed E-state index contributed by atoms with van der Waals surface area (Å²) in [5, 5.41) is 10.3. The van der Waals surface area contributed by atoms with Crippen molar-refractivity contribution < 1.29 is 0 Å². The van der Waals surface area contributed by atoms with Gasteiger partial charge < -0.3 is 4.40 Å². The number of pyridine rings is 1. The van der Waals surface area contributed by atoms with Crippen LogP contribution in [-0.4, -0.2) is 24.1 Å². The lowest BCUT2D eigenvalue weighted by molar-refractivity contribution is 0.883. The second-order valence-corrected chi connectivity index (χ2v) is 6.91. The molecule has 0 aliphatic heterocycles. The highest BCUT2D eigenvalue weighted by atomic mass is 35.5. The average molecular weight is 376 g/mol. The zero-order valence-electron chi connectivity index (χ0n) is 12.3. The molecule has 0 aliphatic rings. The number of nitrogens with zero attached hydrogens (tertiary/aromatic N) is 5. The van der Waals surface area contributed by atoms with Crippen LogP contribution in [0, 0.1) is 0 Å². The molecule has 3 heterocycles. The number of hydrogen-bond donors (Lipinski definition) is 0. The summed E-state index contributed by atoms with van der Waals surface area (Å²) in [6.45, 7) is 0. The fourth-order valence-corrected chi connectivity index (χ4v) is 3.52. The van der Waals surface area contributed by atoms with Crippen molar-refractivity contribution in [2.45, 2.75) is 10.9 Å². The normalized spacial score (nSPS) is 11.2. The summed E-state index contributed by atoms with van der Waals surface area (Å²) in [7, 11) is 0. The van der Waals surface area contributed by atoms with Gasteiger partial charge in [0.1, 0.15) is 12.0 Å². The maximum absolute atomic E-state index is 6.06. The standard InChI is InChI=1S/C16H11Cl2N5S/c17-11-2-1-3-14(6-11)23-10-19-21-16(23)24-9-13-8-22-7-12(18)4-5-15(22)20-13/h1-8,10H,9H2. The first-order valence-corrected chi connectivity index (χ1v) is 8.85. The fraction of sp³-hybridized carbons (Fsp3) is 0.0625. The van der Waals surface area contributed by atoms with E-state index in [9.17, 15) is 0 Å². The van der Waals surface area contributed by atoms with Gasteiger partial charge in [0.25, 0.3) is 0 Å². The Balaban J connectivity index is 1.57. The summed E-state index contributed by atoms with van der Waals surface area (Å²) < 4.78 is 3.82. The van der Waals surface area contributed by atoms with E-state index in [1.54, 1.807) is 18.1 Å². The van der Waals surface area contributed by atoms with Gasteiger partial charge in [-0.15, -0.1) is 10.2 Å². The summed E-state index contributed by atoms with van der Waals surface area (Å²) in [6, 6.07) is 11.3. The van der Waals surface area contributed by atoms with Crippen LogP contribution in [0.2, 0.25) is 10.0 Å². The van der Waals surface area contributed by atoms with E-state index in [0.717, 1.165) is 22.2 Å². The first-order chi connectivity index (χ1) is 11.7. The van der Waals surface area contributed by atoms with Gasteiger partial charge in [-0.3, -0.25) is 4.57 Å². The van der Waals surface area contributed by atoms with E-state index in [0.29, 0.717) is 15.8 Å². The number of fused-ring (bicyclic) bond motifs is 1. The molecule has 24 heavy (non-hydrogen) atoms. The first kappa shape index (κ1) is 15.5. The molecule has 120 valence electrons. The highest BCUT2D eigenvalue weighted by molar-refractivity contribution is 7.98. The molecule has 0 saturated heterocycles. The summed E-state index contributed by atoms with van der Waals surface area (Å²) in [5.41, 5.74) is 2.74. The van der Waals surface area contributed by atoms with Crippen LogP contribution in [0.25, 0.3) is 11.3 Å². The van der Waals surface area contributed by atoms with E-state index >= 15 is 0 Å². The van der Waals surface area contributed by atoms with Gasteiger partial charge in [0.2, 0.25) is 0 Å².